The second-order valence-electron chi connectivity index (χ2n) is 3.17. The molecule has 0 atom stereocenters. The van der Waals surface area contributed by atoms with Crippen molar-refractivity contribution in [3.63, 3.8) is 0 Å². The second kappa shape index (κ2) is 3.84. The monoisotopic (exact) mass is 208 g/mol. The first-order chi connectivity index (χ1) is 6.77. The van der Waals surface area contributed by atoms with Gasteiger partial charge in [-0.25, -0.2) is 0 Å². The molecule has 14 heavy (non-hydrogen) atoms. The molecule has 0 spiro atoms. The summed E-state index contributed by atoms with van der Waals surface area (Å²) in [5.41, 5.74) is 3.26. The van der Waals surface area contributed by atoms with Crippen molar-refractivity contribution in [3.05, 3.63) is 33.8 Å². The Morgan fingerprint density at radius 3 is 2.93 bits per heavy atom. The number of thiophene rings is 1. The number of rotatable bonds is 3. The van der Waals surface area contributed by atoms with Crippen LogP contribution in [-0.2, 0) is 6.54 Å². The molecule has 0 aliphatic rings. The zero-order valence-corrected chi connectivity index (χ0v) is 9.02. The number of hydrogen-bond donors (Lipinski definition) is 1. The van der Waals surface area contributed by atoms with Crippen LogP contribution in [0.15, 0.2) is 21.3 Å². The van der Waals surface area contributed by atoms with Gasteiger partial charge in [-0.2, -0.15) is 11.3 Å². The van der Waals surface area contributed by atoms with E-state index in [4.69, 9.17) is 4.52 Å². The molecule has 0 radical (unpaired) electrons. The second-order valence-corrected chi connectivity index (χ2v) is 3.95. The topological polar surface area (TPSA) is 38.1 Å². The maximum absolute atomic E-state index is 5.08. The fourth-order valence-corrected chi connectivity index (χ4v) is 1.92. The van der Waals surface area contributed by atoms with Gasteiger partial charge in [-0.15, -0.1) is 0 Å². The lowest BCUT2D eigenvalue weighted by Crippen LogP contribution is -1.99. The van der Waals surface area contributed by atoms with Crippen molar-refractivity contribution in [2.45, 2.75) is 20.4 Å². The molecule has 0 saturated heterocycles. The van der Waals surface area contributed by atoms with Gasteiger partial charge in [0, 0.05) is 23.2 Å². The van der Waals surface area contributed by atoms with Crippen LogP contribution in [0.1, 0.15) is 17.0 Å². The molecule has 2 rings (SSSR count). The minimum atomic E-state index is 0.776. The van der Waals surface area contributed by atoms with Gasteiger partial charge in [0.05, 0.1) is 5.69 Å². The Balaban J connectivity index is 2.05. The van der Waals surface area contributed by atoms with E-state index in [9.17, 15) is 0 Å². The fourth-order valence-electron chi connectivity index (χ4n) is 1.31. The van der Waals surface area contributed by atoms with Gasteiger partial charge in [0.1, 0.15) is 5.76 Å². The summed E-state index contributed by atoms with van der Waals surface area (Å²) in [6.45, 7) is 4.67. The first-order valence-electron chi connectivity index (χ1n) is 4.45. The molecule has 0 aromatic carbocycles. The molecular formula is C10H12N2OS. The Kier molecular flexibility index (Phi) is 2.54. The standard InChI is InChI=1S/C10H12N2OS/c1-7-10(8(2)13-12-7)5-11-9-3-4-14-6-9/h3-4,6,11H,5H2,1-2H3. The zero-order valence-electron chi connectivity index (χ0n) is 8.20. The van der Waals surface area contributed by atoms with Crippen molar-refractivity contribution in [3.8, 4) is 0 Å². The van der Waals surface area contributed by atoms with Crippen molar-refractivity contribution in [2.75, 3.05) is 5.32 Å². The Labute approximate surface area is 86.7 Å². The van der Waals surface area contributed by atoms with Crippen LogP contribution in [-0.4, -0.2) is 5.16 Å². The largest absolute Gasteiger partial charge is 0.380 e. The molecule has 3 nitrogen and oxygen atoms in total. The number of aryl methyl sites for hydroxylation is 2. The van der Waals surface area contributed by atoms with Crippen molar-refractivity contribution in [1.82, 2.24) is 5.16 Å². The minimum Gasteiger partial charge on any atom is -0.380 e. The van der Waals surface area contributed by atoms with E-state index in [1.54, 1.807) is 11.3 Å². The molecule has 0 unspecified atom stereocenters. The van der Waals surface area contributed by atoms with Crippen LogP contribution in [0.2, 0.25) is 0 Å². The maximum Gasteiger partial charge on any atom is 0.138 e. The number of anilines is 1. The van der Waals surface area contributed by atoms with Crippen molar-refractivity contribution in [2.24, 2.45) is 0 Å². The van der Waals surface area contributed by atoms with Crippen LogP contribution in [0, 0.1) is 13.8 Å². The lowest BCUT2D eigenvalue weighted by Gasteiger charge is -2.02. The highest BCUT2D eigenvalue weighted by molar-refractivity contribution is 7.08. The summed E-state index contributed by atoms with van der Waals surface area (Å²) in [5, 5.41) is 11.4. The van der Waals surface area contributed by atoms with Crippen LogP contribution in [0.4, 0.5) is 5.69 Å². The third kappa shape index (κ3) is 1.80. The molecule has 0 bridgehead atoms. The van der Waals surface area contributed by atoms with E-state index in [0.29, 0.717) is 0 Å². The summed E-state index contributed by atoms with van der Waals surface area (Å²) in [6, 6.07) is 2.06. The van der Waals surface area contributed by atoms with Gasteiger partial charge in [-0.3, -0.25) is 0 Å². The lowest BCUT2D eigenvalue weighted by molar-refractivity contribution is 0.392. The predicted octanol–water partition coefficient (Wildman–Crippen LogP) is 2.97. The van der Waals surface area contributed by atoms with E-state index >= 15 is 0 Å². The lowest BCUT2D eigenvalue weighted by atomic mass is 10.2. The number of nitrogens with zero attached hydrogens (tertiary/aromatic N) is 1. The first kappa shape index (κ1) is 9.27. The molecule has 4 heteroatoms. The highest BCUT2D eigenvalue weighted by atomic mass is 32.1. The fraction of sp³-hybridized carbons (Fsp3) is 0.300. The van der Waals surface area contributed by atoms with Crippen molar-refractivity contribution >= 4 is 17.0 Å². The Morgan fingerprint density at radius 1 is 1.50 bits per heavy atom. The highest BCUT2D eigenvalue weighted by Crippen LogP contribution is 2.16. The van der Waals surface area contributed by atoms with E-state index < -0.39 is 0 Å². The summed E-state index contributed by atoms with van der Waals surface area (Å²) in [7, 11) is 0. The van der Waals surface area contributed by atoms with Gasteiger partial charge < -0.3 is 9.84 Å². The van der Waals surface area contributed by atoms with E-state index in [-0.39, 0.29) is 0 Å². The van der Waals surface area contributed by atoms with Gasteiger partial charge in [0.25, 0.3) is 0 Å². The van der Waals surface area contributed by atoms with E-state index in [1.165, 1.54) is 0 Å². The minimum absolute atomic E-state index is 0.776. The molecule has 74 valence electrons. The summed E-state index contributed by atoms with van der Waals surface area (Å²) in [5.74, 6) is 0.894. The summed E-state index contributed by atoms with van der Waals surface area (Å²) in [4.78, 5) is 0. The predicted molar refractivity (Wildman–Crippen MR) is 57.6 cm³/mol. The smallest absolute Gasteiger partial charge is 0.138 e. The zero-order chi connectivity index (χ0) is 9.97. The molecule has 0 amide bonds. The van der Waals surface area contributed by atoms with Gasteiger partial charge in [0.2, 0.25) is 0 Å². The van der Waals surface area contributed by atoms with Gasteiger partial charge in [-0.1, -0.05) is 5.16 Å². The van der Waals surface area contributed by atoms with Crippen LogP contribution >= 0.6 is 11.3 Å². The van der Waals surface area contributed by atoms with E-state index in [2.05, 4.69) is 27.3 Å². The molecule has 0 fully saturated rings. The number of aromatic nitrogens is 1. The number of hydrogen-bond acceptors (Lipinski definition) is 4. The summed E-state index contributed by atoms with van der Waals surface area (Å²) >= 11 is 1.68. The molecule has 0 saturated carbocycles. The van der Waals surface area contributed by atoms with E-state index in [1.807, 2.05) is 13.8 Å². The molecule has 0 aliphatic carbocycles. The van der Waals surface area contributed by atoms with Gasteiger partial charge in [-0.05, 0) is 25.3 Å². The molecule has 2 aromatic rings. The van der Waals surface area contributed by atoms with Crippen LogP contribution < -0.4 is 5.32 Å². The summed E-state index contributed by atoms with van der Waals surface area (Å²) in [6.07, 6.45) is 0. The van der Waals surface area contributed by atoms with Gasteiger partial charge in [0.15, 0.2) is 0 Å². The van der Waals surface area contributed by atoms with E-state index in [0.717, 1.165) is 29.2 Å². The Hall–Kier alpha value is -1.29. The van der Waals surface area contributed by atoms with Crippen LogP contribution in [0.5, 0.6) is 0 Å². The van der Waals surface area contributed by atoms with Crippen molar-refractivity contribution in [1.29, 1.82) is 0 Å². The molecule has 1 N–H and O–H groups in total. The number of nitrogens with one attached hydrogen (secondary N) is 1. The highest BCUT2D eigenvalue weighted by Gasteiger charge is 2.07. The molecule has 0 aliphatic heterocycles. The maximum atomic E-state index is 5.08. The Bertz CT molecular complexity index is 386. The average molecular weight is 208 g/mol. The molecular weight excluding hydrogens is 196 g/mol. The molecule has 2 heterocycles. The van der Waals surface area contributed by atoms with Crippen LogP contribution in [0.25, 0.3) is 0 Å². The summed E-state index contributed by atoms with van der Waals surface area (Å²) < 4.78 is 5.08. The third-order valence-electron chi connectivity index (χ3n) is 2.17. The third-order valence-corrected chi connectivity index (χ3v) is 2.85. The molecule has 2 aromatic heterocycles. The van der Waals surface area contributed by atoms with Crippen molar-refractivity contribution < 1.29 is 4.52 Å². The average Bonchev–Trinajstić information content (AvgIpc) is 2.76. The quantitative estimate of drug-likeness (QED) is 0.842. The SMILES string of the molecule is Cc1noc(C)c1CNc1ccsc1. The van der Waals surface area contributed by atoms with Gasteiger partial charge >= 0.3 is 0 Å². The van der Waals surface area contributed by atoms with Crippen LogP contribution in [0.3, 0.4) is 0 Å². The Morgan fingerprint density at radius 2 is 2.36 bits per heavy atom. The normalized spacial score (nSPS) is 10.4. The first-order valence-corrected chi connectivity index (χ1v) is 5.39.